The number of fused-ring (bicyclic) bond motifs is 4. The minimum atomic E-state index is -1.06. The molecule has 0 unspecified atom stereocenters. The van der Waals surface area contributed by atoms with Gasteiger partial charge in [0.05, 0.1) is 22.2 Å². The second kappa shape index (κ2) is 10.7. The lowest BCUT2D eigenvalue weighted by molar-refractivity contribution is 0.0690. The number of aromatic nitrogens is 4. The van der Waals surface area contributed by atoms with Crippen molar-refractivity contribution in [3.63, 3.8) is 0 Å². The van der Waals surface area contributed by atoms with Crippen LogP contribution in [0.15, 0.2) is 84.9 Å². The highest BCUT2D eigenvalue weighted by atomic mass is 16.4. The molecule has 0 atom stereocenters. The quantitative estimate of drug-likeness (QED) is 0.205. The predicted molar refractivity (Wildman–Crippen MR) is 193 cm³/mol. The molecule has 0 saturated heterocycles. The van der Waals surface area contributed by atoms with E-state index in [2.05, 4.69) is 125 Å². The van der Waals surface area contributed by atoms with Crippen molar-refractivity contribution in [3.05, 3.63) is 113 Å². The maximum absolute atomic E-state index is 11.8. The third-order valence-electron chi connectivity index (χ3n) is 9.07. The number of aromatic amines is 1. The van der Waals surface area contributed by atoms with Gasteiger partial charge in [0.2, 0.25) is 0 Å². The number of imidazole rings is 1. The van der Waals surface area contributed by atoms with Crippen molar-refractivity contribution in [2.45, 2.75) is 66.2 Å². The molecule has 0 spiro atoms. The summed E-state index contributed by atoms with van der Waals surface area (Å²) in [4.78, 5) is 25.6. The van der Waals surface area contributed by atoms with Crippen LogP contribution in [0.25, 0.3) is 61.2 Å². The molecule has 7 aromatic rings. The fourth-order valence-electron chi connectivity index (χ4n) is 6.61. The molecule has 3 heterocycles. The van der Waals surface area contributed by atoms with Gasteiger partial charge in [-0.05, 0) is 102 Å². The van der Waals surface area contributed by atoms with Crippen LogP contribution in [0.1, 0.15) is 74.3 Å². The second-order valence-electron chi connectivity index (χ2n) is 14.8. The van der Waals surface area contributed by atoms with Gasteiger partial charge in [-0.25, -0.2) is 14.8 Å². The Bertz CT molecular complexity index is 2360. The molecule has 6 nitrogen and oxygen atoms in total. The molecule has 7 rings (SSSR count). The third kappa shape index (κ3) is 5.28. The minimum absolute atomic E-state index is 0.000701. The van der Waals surface area contributed by atoms with E-state index >= 15 is 0 Å². The van der Waals surface area contributed by atoms with Gasteiger partial charge in [0, 0.05) is 33.1 Å². The van der Waals surface area contributed by atoms with Gasteiger partial charge in [-0.3, -0.25) is 4.57 Å². The highest BCUT2D eigenvalue weighted by Gasteiger charge is 2.25. The second-order valence-corrected chi connectivity index (χ2v) is 14.8. The molecule has 0 amide bonds. The largest absolute Gasteiger partial charge is 0.477 e. The SMILES string of the molecule is Cc1cc(C)cc(-n2c(-c3cc(C(C)(C)C)cc4c3[nH]c3ccc(C(C)(C)C)cc34)nc3c(-c4cccc(C(=O)O)n4)cccc32)c1. The van der Waals surface area contributed by atoms with Crippen LogP contribution in [0.4, 0.5) is 0 Å². The number of hydrogen-bond acceptors (Lipinski definition) is 3. The van der Waals surface area contributed by atoms with Gasteiger partial charge in [0.25, 0.3) is 0 Å². The van der Waals surface area contributed by atoms with Crippen molar-refractivity contribution >= 4 is 38.8 Å². The van der Waals surface area contributed by atoms with Crippen molar-refractivity contribution in [3.8, 4) is 28.3 Å². The highest BCUT2D eigenvalue weighted by Crippen LogP contribution is 2.41. The Hall–Kier alpha value is -5.23. The average molecular weight is 621 g/mol. The predicted octanol–water partition coefficient (Wildman–Crippen LogP) is 10.3. The number of rotatable bonds is 4. The first-order chi connectivity index (χ1) is 22.2. The number of hydrogen-bond donors (Lipinski definition) is 2. The van der Waals surface area contributed by atoms with Crippen LogP contribution in [0.3, 0.4) is 0 Å². The molecule has 0 aliphatic heterocycles. The van der Waals surface area contributed by atoms with E-state index in [0.717, 1.165) is 55.8 Å². The van der Waals surface area contributed by atoms with E-state index in [0.29, 0.717) is 5.69 Å². The molecule has 6 heteroatoms. The van der Waals surface area contributed by atoms with Crippen LogP contribution in [-0.4, -0.2) is 30.6 Å². The van der Waals surface area contributed by atoms with Crippen LogP contribution in [0.2, 0.25) is 0 Å². The van der Waals surface area contributed by atoms with Gasteiger partial charge in [0.1, 0.15) is 11.5 Å². The fraction of sp³-hybridized carbons (Fsp3) is 0.244. The topological polar surface area (TPSA) is 83.8 Å². The Morgan fingerprint density at radius 1 is 0.723 bits per heavy atom. The smallest absolute Gasteiger partial charge is 0.354 e. The van der Waals surface area contributed by atoms with Gasteiger partial charge in [-0.1, -0.05) is 71.9 Å². The van der Waals surface area contributed by atoms with Crippen molar-refractivity contribution in [2.24, 2.45) is 0 Å². The van der Waals surface area contributed by atoms with E-state index in [1.165, 1.54) is 28.0 Å². The summed E-state index contributed by atoms with van der Waals surface area (Å²) in [5.41, 5.74) is 11.9. The number of carboxylic acid groups (broad SMARTS) is 1. The molecule has 0 aliphatic rings. The summed E-state index contributed by atoms with van der Waals surface area (Å²) in [6, 6.07) is 29.1. The minimum Gasteiger partial charge on any atom is -0.477 e. The lowest BCUT2D eigenvalue weighted by Crippen LogP contribution is -2.11. The molecule has 0 radical (unpaired) electrons. The van der Waals surface area contributed by atoms with E-state index < -0.39 is 5.97 Å². The number of nitrogens with zero attached hydrogens (tertiary/aromatic N) is 3. The number of aryl methyl sites for hydroxylation is 2. The lowest BCUT2D eigenvalue weighted by atomic mass is 9.84. The number of carbonyl (C=O) groups is 1. The molecule has 236 valence electrons. The first-order valence-corrected chi connectivity index (χ1v) is 16.1. The fourth-order valence-corrected chi connectivity index (χ4v) is 6.61. The van der Waals surface area contributed by atoms with Crippen molar-refractivity contribution in [2.75, 3.05) is 0 Å². The first-order valence-electron chi connectivity index (χ1n) is 16.1. The molecule has 4 aromatic carbocycles. The number of aromatic carboxylic acids is 1. The lowest BCUT2D eigenvalue weighted by Gasteiger charge is -2.21. The van der Waals surface area contributed by atoms with Crippen LogP contribution in [0, 0.1) is 13.8 Å². The number of benzene rings is 4. The molecule has 0 fully saturated rings. The van der Waals surface area contributed by atoms with Crippen molar-refractivity contribution in [1.82, 2.24) is 19.5 Å². The average Bonchev–Trinajstić information content (AvgIpc) is 3.57. The van der Waals surface area contributed by atoms with Crippen molar-refractivity contribution < 1.29 is 9.90 Å². The zero-order valence-corrected chi connectivity index (χ0v) is 28.3. The Balaban J connectivity index is 1.62. The molecule has 47 heavy (non-hydrogen) atoms. The molecule has 3 aromatic heterocycles. The van der Waals surface area contributed by atoms with E-state index in [1.54, 1.807) is 6.07 Å². The Morgan fingerprint density at radius 2 is 1.40 bits per heavy atom. The van der Waals surface area contributed by atoms with Crippen LogP contribution in [-0.2, 0) is 10.8 Å². The zero-order chi connectivity index (χ0) is 33.4. The number of H-pyrrole nitrogens is 1. The highest BCUT2D eigenvalue weighted by molar-refractivity contribution is 6.12. The van der Waals surface area contributed by atoms with E-state index in [-0.39, 0.29) is 16.5 Å². The third-order valence-corrected chi connectivity index (χ3v) is 9.07. The molecular weight excluding hydrogens is 580 g/mol. The van der Waals surface area contributed by atoms with Gasteiger partial charge in [-0.2, -0.15) is 0 Å². The number of para-hydroxylation sites is 1. The molecular formula is C41H40N4O2. The Labute approximate surface area is 275 Å². The number of nitrogens with one attached hydrogen (secondary N) is 1. The summed E-state index contributed by atoms with van der Waals surface area (Å²) >= 11 is 0. The normalized spacial score (nSPS) is 12.4. The van der Waals surface area contributed by atoms with Gasteiger partial charge < -0.3 is 10.1 Å². The molecule has 2 N–H and O–H groups in total. The van der Waals surface area contributed by atoms with E-state index in [9.17, 15) is 9.90 Å². The molecule has 0 bridgehead atoms. The van der Waals surface area contributed by atoms with Crippen LogP contribution >= 0.6 is 0 Å². The molecule has 0 aliphatic carbocycles. The summed E-state index contributed by atoms with van der Waals surface area (Å²) in [6.07, 6.45) is 0. The Morgan fingerprint density at radius 3 is 2.09 bits per heavy atom. The van der Waals surface area contributed by atoms with E-state index in [1.807, 2.05) is 18.2 Å². The maximum atomic E-state index is 11.8. The number of carboxylic acids is 1. The maximum Gasteiger partial charge on any atom is 0.354 e. The zero-order valence-electron chi connectivity index (χ0n) is 28.3. The number of pyridine rings is 1. The summed E-state index contributed by atoms with van der Waals surface area (Å²) in [7, 11) is 0. The summed E-state index contributed by atoms with van der Waals surface area (Å²) in [5, 5.41) is 12.1. The van der Waals surface area contributed by atoms with Gasteiger partial charge in [0.15, 0.2) is 0 Å². The molecule has 0 saturated carbocycles. The van der Waals surface area contributed by atoms with Crippen molar-refractivity contribution in [1.29, 1.82) is 0 Å². The summed E-state index contributed by atoms with van der Waals surface area (Å²) in [6.45, 7) is 17.7. The van der Waals surface area contributed by atoms with Crippen LogP contribution in [0.5, 0.6) is 0 Å². The van der Waals surface area contributed by atoms with Gasteiger partial charge >= 0.3 is 5.97 Å². The standard InChI is InChI=1S/C41H40N4O2/c1-23-17-24(2)19-27(18-23)45-35-14-9-11-28(32-12-10-13-34(42-32)39(46)47)37(35)44-38(45)31-22-26(41(6,7)8)21-30-29-20-25(40(3,4)5)15-16-33(29)43-36(30)31/h9-22,43H,1-8H3,(H,46,47). The van der Waals surface area contributed by atoms with E-state index in [4.69, 9.17) is 4.98 Å². The first kappa shape index (κ1) is 30.4. The van der Waals surface area contributed by atoms with Gasteiger partial charge in [-0.15, -0.1) is 0 Å². The monoisotopic (exact) mass is 620 g/mol. The van der Waals surface area contributed by atoms with Crippen LogP contribution < -0.4 is 0 Å². The summed E-state index contributed by atoms with van der Waals surface area (Å²) < 4.78 is 2.24. The summed E-state index contributed by atoms with van der Waals surface area (Å²) in [5.74, 6) is -0.249. The Kier molecular flexibility index (Phi) is 6.90.